The third-order valence-electron chi connectivity index (χ3n) is 16.8. The normalized spacial score (nSPS) is 11.4. The van der Waals surface area contributed by atoms with Gasteiger partial charge >= 0.3 is 0 Å². The molecule has 3 aliphatic carbocycles. The van der Waals surface area contributed by atoms with E-state index < -0.39 is 0 Å². The van der Waals surface area contributed by atoms with Crippen LogP contribution >= 0.6 is 11.3 Å². The number of para-hydroxylation sites is 4. The summed E-state index contributed by atoms with van der Waals surface area (Å²) in [5.74, 6) is 0. The predicted octanol–water partition coefficient (Wildman–Crippen LogP) is 29.2. The predicted molar refractivity (Wildman–Crippen MR) is 431 cm³/mol. The highest BCUT2D eigenvalue weighted by Crippen LogP contribution is 2.62. The van der Waals surface area contributed by atoms with Crippen molar-refractivity contribution in [1.29, 1.82) is 0 Å². The van der Waals surface area contributed by atoms with Gasteiger partial charge in [0.15, 0.2) is 0 Å². The van der Waals surface area contributed by atoms with Crippen LogP contribution in [-0.2, 0) is 17.9 Å². The van der Waals surface area contributed by atoms with Gasteiger partial charge in [0.05, 0.1) is 5.41 Å². The van der Waals surface area contributed by atoms with Crippen LogP contribution in [-0.4, -0.2) is 4.57 Å². The van der Waals surface area contributed by atoms with Gasteiger partial charge in [-0.2, -0.15) is 0 Å². The molecule has 1 spiro atoms. The zero-order chi connectivity index (χ0) is 69.8. The zero-order valence-electron chi connectivity index (χ0n) is 61.0. The third kappa shape index (κ3) is 14.9. The van der Waals surface area contributed by atoms with Crippen LogP contribution in [0.1, 0.15) is 158 Å². The molecule has 3 aromatic heterocycles. The highest BCUT2D eigenvalue weighted by molar-refractivity contribution is 7.25. The minimum atomic E-state index is -0.180. The Labute approximate surface area is 581 Å². The molecule has 0 saturated heterocycles. The fourth-order valence-corrected chi connectivity index (χ4v) is 14.3. The summed E-state index contributed by atoms with van der Waals surface area (Å²) in [7, 11) is 2.12. The number of aromatic nitrogens is 1. The quantitative estimate of drug-likeness (QED) is 0.148. The number of rotatable bonds is 0. The molecular formula is C93H105NOS. The number of thiophene rings is 1. The third-order valence-corrected chi connectivity index (χ3v) is 17.9. The zero-order valence-corrected chi connectivity index (χ0v) is 61.8. The minimum absolute atomic E-state index is 0.160. The van der Waals surface area contributed by atoms with Gasteiger partial charge in [-0.3, -0.25) is 0 Å². The smallest absolute Gasteiger partial charge is 0.135 e. The van der Waals surface area contributed by atoms with Gasteiger partial charge in [0.25, 0.3) is 0 Å². The van der Waals surface area contributed by atoms with E-state index in [1.54, 1.807) is 0 Å². The second kappa shape index (κ2) is 37.5. The fraction of sp³-hybridized carbons (Fsp3) is 0.226. The number of fused-ring (bicyclic) bond motifs is 22. The summed E-state index contributed by atoms with van der Waals surface area (Å²) in [6.45, 7) is 36.6. The molecule has 2 nitrogen and oxygen atoms in total. The van der Waals surface area contributed by atoms with Gasteiger partial charge in [-0.15, -0.1) is 11.3 Å². The van der Waals surface area contributed by atoms with Crippen LogP contribution in [0.2, 0.25) is 0 Å². The lowest BCUT2D eigenvalue weighted by Gasteiger charge is -2.30. The molecule has 0 saturated carbocycles. The minimum Gasteiger partial charge on any atom is -0.456 e. The molecule has 12 aromatic carbocycles. The highest BCUT2D eigenvalue weighted by Gasteiger charge is 2.51. The summed E-state index contributed by atoms with van der Waals surface area (Å²) in [4.78, 5) is 0. The van der Waals surface area contributed by atoms with Gasteiger partial charge < -0.3 is 8.98 Å². The Kier molecular flexibility index (Phi) is 29.5. The number of benzene rings is 12. The van der Waals surface area contributed by atoms with Gasteiger partial charge in [0.2, 0.25) is 0 Å². The molecular weight excluding hydrogens is 1180 g/mol. The van der Waals surface area contributed by atoms with Crippen LogP contribution in [0.5, 0.6) is 0 Å². The van der Waals surface area contributed by atoms with E-state index in [2.05, 4.69) is 280 Å². The Morgan fingerprint density at radius 3 is 0.771 bits per heavy atom. The number of hydrogen-bond acceptors (Lipinski definition) is 2. The first-order valence-corrected chi connectivity index (χ1v) is 36.5. The summed E-state index contributed by atoms with van der Waals surface area (Å²) in [5, 5.41) is 7.82. The molecule has 96 heavy (non-hydrogen) atoms. The first-order chi connectivity index (χ1) is 47.4. The van der Waals surface area contributed by atoms with Crippen molar-refractivity contribution in [2.45, 2.75) is 135 Å². The molecule has 0 radical (unpaired) electrons. The van der Waals surface area contributed by atoms with Crippen molar-refractivity contribution in [3.8, 4) is 33.4 Å². The average Bonchev–Trinajstić information content (AvgIpc) is 1.51. The van der Waals surface area contributed by atoms with E-state index in [4.69, 9.17) is 4.42 Å². The van der Waals surface area contributed by atoms with Gasteiger partial charge in [-0.05, 0) is 103 Å². The van der Waals surface area contributed by atoms with Gasteiger partial charge in [0.1, 0.15) is 11.2 Å². The van der Waals surface area contributed by atoms with Crippen molar-refractivity contribution in [3.63, 3.8) is 0 Å². The van der Waals surface area contributed by atoms with Crippen molar-refractivity contribution in [3.05, 3.63) is 325 Å². The average molecular weight is 1280 g/mol. The number of hydrogen-bond donors (Lipinski definition) is 0. The van der Waals surface area contributed by atoms with Crippen LogP contribution in [0.3, 0.4) is 0 Å². The summed E-state index contributed by atoms with van der Waals surface area (Å²) in [5.41, 5.74) is 21.3. The Bertz CT molecular complexity index is 4300. The fourth-order valence-electron chi connectivity index (χ4n) is 13.2. The molecule has 0 N–H and O–H groups in total. The van der Waals surface area contributed by atoms with E-state index in [9.17, 15) is 0 Å². The molecule has 3 aliphatic rings. The van der Waals surface area contributed by atoms with E-state index in [-0.39, 0.29) is 10.8 Å². The summed E-state index contributed by atoms with van der Waals surface area (Å²) in [6.07, 6.45) is 0. The van der Waals surface area contributed by atoms with Gasteiger partial charge in [0, 0.05) is 65.2 Å². The van der Waals surface area contributed by atoms with Crippen LogP contribution < -0.4 is 0 Å². The Hall–Kier alpha value is -9.54. The second-order valence-corrected chi connectivity index (χ2v) is 22.5. The molecule has 0 atom stereocenters. The molecule has 18 rings (SSSR count). The van der Waals surface area contributed by atoms with E-state index in [0.717, 1.165) is 11.2 Å². The van der Waals surface area contributed by atoms with Crippen LogP contribution in [0.4, 0.5) is 0 Å². The summed E-state index contributed by atoms with van der Waals surface area (Å²) in [6, 6.07) is 103. The largest absolute Gasteiger partial charge is 0.456 e. The molecule has 3 heterocycles. The number of nitrogens with zero attached hydrogens (tertiary/aromatic N) is 1. The molecule has 15 aromatic rings. The number of furan rings is 1. The van der Waals surface area contributed by atoms with Gasteiger partial charge in [-0.25, -0.2) is 0 Å². The van der Waals surface area contributed by atoms with Crippen LogP contribution in [0.15, 0.2) is 296 Å². The number of aryl methyl sites for hydroxylation is 1. The molecule has 0 unspecified atom stereocenters. The lowest BCUT2D eigenvalue weighted by Crippen LogP contribution is -2.25. The van der Waals surface area contributed by atoms with E-state index in [0.29, 0.717) is 0 Å². The second-order valence-electron chi connectivity index (χ2n) is 21.4. The first kappa shape index (κ1) is 75.5. The lowest BCUT2D eigenvalue weighted by atomic mass is 9.70. The monoisotopic (exact) mass is 1280 g/mol. The highest BCUT2D eigenvalue weighted by atomic mass is 32.1. The molecule has 0 aliphatic heterocycles. The Morgan fingerprint density at radius 2 is 0.458 bits per heavy atom. The van der Waals surface area contributed by atoms with Crippen LogP contribution in [0, 0.1) is 0 Å². The van der Waals surface area contributed by atoms with Gasteiger partial charge in [-0.1, -0.05) is 379 Å². The lowest BCUT2D eigenvalue weighted by molar-refractivity contribution is 0.660. The SMILES string of the molecule is CC.CC.CC.CC.CC.CC.CC.CC.CC1(C)c2ccccc2-c2ccccc21.Cn1c2ccccc2c2ccccc21.c1ccc2c(c1)-c1ccccc1C21c2ccccc2-c2ccccc21.c1ccc2c(c1)oc1ccccc12.c1ccc2c(c1)sc1ccccc12. The maximum absolute atomic E-state index is 5.65. The Balaban J connectivity index is 0.000000184. The van der Waals surface area contributed by atoms with E-state index in [1.165, 1.54) is 120 Å². The van der Waals surface area contributed by atoms with E-state index in [1.807, 2.05) is 159 Å². The molecule has 3 heteroatoms. The van der Waals surface area contributed by atoms with Crippen LogP contribution in [0.25, 0.3) is 97.3 Å². The molecule has 0 bridgehead atoms. The van der Waals surface area contributed by atoms with Crippen molar-refractivity contribution in [2.24, 2.45) is 7.05 Å². The van der Waals surface area contributed by atoms with Crippen molar-refractivity contribution >= 4 is 75.3 Å². The van der Waals surface area contributed by atoms with Crippen molar-refractivity contribution in [2.75, 3.05) is 0 Å². The molecule has 0 amide bonds. The summed E-state index contributed by atoms with van der Waals surface area (Å²) < 4.78 is 10.6. The molecule has 0 fully saturated rings. The Morgan fingerprint density at radius 1 is 0.240 bits per heavy atom. The van der Waals surface area contributed by atoms with Crippen molar-refractivity contribution in [1.82, 2.24) is 4.57 Å². The molecule has 494 valence electrons. The first-order valence-electron chi connectivity index (χ1n) is 35.6. The maximum Gasteiger partial charge on any atom is 0.135 e. The summed E-state index contributed by atoms with van der Waals surface area (Å²) >= 11 is 1.86. The topological polar surface area (TPSA) is 18.1 Å². The standard InChI is InChI=1S/C25H16.C15H14.C13H11N.C12H8O.C12H8S.8C2H6/c1-5-13-21-17(9-1)18-10-2-6-14-22(18)25(21)23-15-7-3-11-19(23)20-12-4-8-16-24(20)25;1-15(2)13-9-5-3-7-11(13)12-8-4-6-10-14(12)15;1-14-12-8-4-2-6-10(12)11-7-3-5-9-13(11)14;2*1-3-7-11-9(5-1)10-6-2-4-8-12(10)13-11;8*1-2/h1-16H;3-10H,1-2H3;2-9H,1H3;2*1-8H;8*1-2H3. The van der Waals surface area contributed by atoms with Crippen molar-refractivity contribution < 1.29 is 4.42 Å². The maximum atomic E-state index is 5.65. The van der Waals surface area contributed by atoms with E-state index >= 15 is 0 Å².